The van der Waals surface area contributed by atoms with Gasteiger partial charge in [-0.25, -0.2) is 17.6 Å². The van der Waals surface area contributed by atoms with Crippen LogP contribution in [0.25, 0.3) is 0 Å². The highest BCUT2D eigenvalue weighted by Gasteiger charge is 2.24. The minimum atomic E-state index is -1.64. The van der Waals surface area contributed by atoms with Crippen LogP contribution in [0, 0.1) is 23.3 Å². The smallest absolute Gasteiger partial charge is 0.186 e. The van der Waals surface area contributed by atoms with Crippen molar-refractivity contribution >= 4 is 17.7 Å². The van der Waals surface area contributed by atoms with Gasteiger partial charge in [0.2, 0.25) is 0 Å². The Morgan fingerprint density at radius 3 is 2.00 bits per heavy atom. The van der Waals surface area contributed by atoms with Crippen molar-refractivity contribution in [2.45, 2.75) is 4.90 Å². The van der Waals surface area contributed by atoms with Gasteiger partial charge in [-0.05, 0) is 0 Å². The summed E-state index contributed by atoms with van der Waals surface area (Å²) in [5.41, 5.74) is 3.64. The fourth-order valence-corrected chi connectivity index (χ4v) is 1.51. The molecule has 2 N–H and O–H groups in total. The van der Waals surface area contributed by atoms with Crippen LogP contribution in [-0.4, -0.2) is 20.3 Å². The van der Waals surface area contributed by atoms with Crippen LogP contribution >= 0.6 is 12.0 Å². The SMILES string of the molecule is COCCOSc1c(F)c(F)c(N)c(F)c1F. The summed E-state index contributed by atoms with van der Waals surface area (Å²) in [7, 11) is 1.40. The minimum Gasteiger partial charge on any atom is -0.394 e. The van der Waals surface area contributed by atoms with E-state index in [4.69, 9.17) is 9.92 Å². The fraction of sp³-hybridized carbons (Fsp3) is 0.333. The monoisotopic (exact) mass is 271 g/mol. The maximum Gasteiger partial charge on any atom is 0.186 e. The van der Waals surface area contributed by atoms with Gasteiger partial charge in [0, 0.05) is 19.2 Å². The number of nitrogen functional groups attached to an aromatic ring is 1. The highest BCUT2D eigenvalue weighted by atomic mass is 32.2. The first-order valence-electron chi connectivity index (χ1n) is 4.40. The Kier molecular flexibility index (Phi) is 5.03. The molecule has 0 unspecified atom stereocenters. The Balaban J connectivity index is 2.92. The predicted molar refractivity (Wildman–Crippen MR) is 54.4 cm³/mol. The molecule has 3 nitrogen and oxygen atoms in total. The number of ether oxygens (including phenoxy) is 1. The van der Waals surface area contributed by atoms with Gasteiger partial charge < -0.3 is 14.7 Å². The molecular weight excluding hydrogens is 262 g/mol. The molecule has 8 heteroatoms. The lowest BCUT2D eigenvalue weighted by Gasteiger charge is -2.08. The number of hydrogen-bond donors (Lipinski definition) is 1. The first-order valence-corrected chi connectivity index (χ1v) is 5.14. The number of nitrogens with two attached hydrogens (primary N) is 1. The topological polar surface area (TPSA) is 44.5 Å². The van der Waals surface area contributed by atoms with E-state index in [0.29, 0.717) is 0 Å². The number of benzene rings is 1. The largest absolute Gasteiger partial charge is 0.394 e. The number of halogens is 4. The van der Waals surface area contributed by atoms with E-state index in [-0.39, 0.29) is 25.3 Å². The lowest BCUT2D eigenvalue weighted by molar-refractivity contribution is 0.157. The van der Waals surface area contributed by atoms with Gasteiger partial charge in [-0.15, -0.1) is 0 Å². The second kappa shape index (κ2) is 6.08. The van der Waals surface area contributed by atoms with E-state index in [1.54, 1.807) is 0 Å². The quantitative estimate of drug-likeness (QED) is 0.294. The molecule has 0 spiro atoms. The molecule has 0 amide bonds. The lowest BCUT2D eigenvalue weighted by Crippen LogP contribution is -2.05. The third-order valence-corrected chi connectivity index (χ3v) is 2.58. The van der Waals surface area contributed by atoms with Gasteiger partial charge >= 0.3 is 0 Å². The Labute approximate surface area is 99.1 Å². The van der Waals surface area contributed by atoms with Crippen molar-refractivity contribution in [3.05, 3.63) is 23.3 Å². The average molecular weight is 271 g/mol. The summed E-state index contributed by atoms with van der Waals surface area (Å²) in [6, 6.07) is 0. The van der Waals surface area contributed by atoms with Crippen molar-refractivity contribution in [3.8, 4) is 0 Å². The molecule has 17 heavy (non-hydrogen) atoms. The molecule has 0 aliphatic rings. The molecule has 1 aromatic carbocycles. The van der Waals surface area contributed by atoms with Gasteiger partial charge in [-0.3, -0.25) is 0 Å². The van der Waals surface area contributed by atoms with E-state index in [1.165, 1.54) is 7.11 Å². The van der Waals surface area contributed by atoms with Gasteiger partial charge in [-0.1, -0.05) is 0 Å². The molecule has 0 fully saturated rings. The molecule has 0 saturated heterocycles. The predicted octanol–water partition coefficient (Wildman–Crippen LogP) is 2.50. The zero-order valence-corrected chi connectivity index (χ0v) is 9.54. The van der Waals surface area contributed by atoms with Crippen LogP contribution in [0.15, 0.2) is 4.90 Å². The number of methoxy groups -OCH3 is 1. The fourth-order valence-electron chi connectivity index (χ4n) is 0.920. The van der Waals surface area contributed by atoms with Crippen molar-refractivity contribution in [3.63, 3.8) is 0 Å². The lowest BCUT2D eigenvalue weighted by atomic mass is 10.2. The van der Waals surface area contributed by atoms with E-state index in [1.807, 2.05) is 0 Å². The number of hydrogen-bond acceptors (Lipinski definition) is 4. The number of anilines is 1. The van der Waals surface area contributed by atoms with Crippen LogP contribution in [0.2, 0.25) is 0 Å². The summed E-state index contributed by atoms with van der Waals surface area (Å²) in [4.78, 5) is -0.912. The van der Waals surface area contributed by atoms with Gasteiger partial charge in [0.1, 0.15) is 10.6 Å². The summed E-state index contributed by atoms with van der Waals surface area (Å²) in [5.74, 6) is -6.43. The third-order valence-electron chi connectivity index (χ3n) is 1.77. The third kappa shape index (κ3) is 3.02. The molecular formula is C9H9F4NO2S. The molecule has 1 rings (SSSR count). The molecule has 0 aliphatic heterocycles. The summed E-state index contributed by atoms with van der Waals surface area (Å²) < 4.78 is 61.8. The second-order valence-electron chi connectivity index (χ2n) is 2.90. The van der Waals surface area contributed by atoms with Crippen LogP contribution in [0.4, 0.5) is 23.2 Å². The van der Waals surface area contributed by atoms with Crippen molar-refractivity contribution in [2.24, 2.45) is 0 Å². The maximum absolute atomic E-state index is 13.2. The van der Waals surface area contributed by atoms with Crippen molar-refractivity contribution in [2.75, 3.05) is 26.1 Å². The van der Waals surface area contributed by atoms with Gasteiger partial charge in [0.05, 0.1) is 13.2 Å². The zero-order chi connectivity index (χ0) is 13.0. The maximum atomic E-state index is 13.2. The molecule has 0 saturated carbocycles. The van der Waals surface area contributed by atoms with Crippen LogP contribution < -0.4 is 5.73 Å². The highest BCUT2D eigenvalue weighted by molar-refractivity contribution is 7.94. The van der Waals surface area contributed by atoms with Crippen molar-refractivity contribution in [1.29, 1.82) is 0 Å². The standard InChI is InChI=1S/C9H9F4NO2S/c1-15-2-3-16-17-9-6(12)4(10)8(14)5(11)7(9)13/h2-3,14H2,1H3. The van der Waals surface area contributed by atoms with Crippen LogP contribution in [0.5, 0.6) is 0 Å². The molecule has 0 aliphatic carbocycles. The molecule has 0 bridgehead atoms. The van der Waals surface area contributed by atoms with E-state index in [0.717, 1.165) is 0 Å². The summed E-state index contributed by atoms with van der Waals surface area (Å²) >= 11 is 0.185. The Morgan fingerprint density at radius 2 is 1.53 bits per heavy atom. The Bertz CT molecular complexity index is 387. The molecule has 0 heterocycles. The first kappa shape index (κ1) is 14.1. The van der Waals surface area contributed by atoms with Gasteiger partial charge in [-0.2, -0.15) is 0 Å². The van der Waals surface area contributed by atoms with Crippen LogP contribution in [0.3, 0.4) is 0 Å². The van der Waals surface area contributed by atoms with E-state index < -0.39 is 33.9 Å². The molecule has 96 valence electrons. The van der Waals surface area contributed by atoms with E-state index in [2.05, 4.69) is 4.74 Å². The van der Waals surface area contributed by atoms with Gasteiger partial charge in [0.25, 0.3) is 0 Å². The average Bonchev–Trinajstić information content (AvgIpc) is 2.33. The zero-order valence-electron chi connectivity index (χ0n) is 8.73. The Hall–Kier alpha value is -0.990. The molecule has 1 aromatic rings. The van der Waals surface area contributed by atoms with E-state index in [9.17, 15) is 17.6 Å². The summed E-state index contributed by atoms with van der Waals surface area (Å²) in [6.07, 6.45) is 0. The minimum absolute atomic E-state index is 0.00760. The second-order valence-corrected chi connectivity index (χ2v) is 3.71. The van der Waals surface area contributed by atoms with Crippen molar-refractivity contribution in [1.82, 2.24) is 0 Å². The van der Waals surface area contributed by atoms with Crippen molar-refractivity contribution < 1.29 is 26.5 Å². The summed E-state index contributed by atoms with van der Waals surface area (Å²) in [6.45, 7) is 0.184. The summed E-state index contributed by atoms with van der Waals surface area (Å²) in [5, 5.41) is 0. The molecule has 0 aromatic heterocycles. The first-order chi connectivity index (χ1) is 8.00. The van der Waals surface area contributed by atoms with E-state index >= 15 is 0 Å². The van der Waals surface area contributed by atoms with Crippen LogP contribution in [0.1, 0.15) is 0 Å². The number of rotatable bonds is 5. The Morgan fingerprint density at radius 1 is 1.00 bits per heavy atom. The van der Waals surface area contributed by atoms with Gasteiger partial charge in [0.15, 0.2) is 23.3 Å². The highest BCUT2D eigenvalue weighted by Crippen LogP contribution is 2.32. The molecule has 0 atom stereocenters. The molecule has 0 radical (unpaired) electrons. The normalized spacial score (nSPS) is 10.9. The van der Waals surface area contributed by atoms with Crippen LogP contribution in [-0.2, 0) is 8.92 Å².